The van der Waals surface area contributed by atoms with Crippen LogP contribution in [0.5, 0.6) is 0 Å². The minimum atomic E-state index is 0.139. The van der Waals surface area contributed by atoms with Crippen molar-refractivity contribution in [1.82, 2.24) is 5.32 Å². The van der Waals surface area contributed by atoms with Crippen molar-refractivity contribution in [1.29, 1.82) is 0 Å². The minimum absolute atomic E-state index is 0.139. The van der Waals surface area contributed by atoms with Gasteiger partial charge in [0.2, 0.25) is 5.91 Å². The highest BCUT2D eigenvalue weighted by Gasteiger charge is 2.11. The van der Waals surface area contributed by atoms with Crippen molar-refractivity contribution in [2.45, 2.75) is 39.7 Å². The number of rotatable bonds is 5. The van der Waals surface area contributed by atoms with Crippen LogP contribution in [0.4, 0.5) is 0 Å². The van der Waals surface area contributed by atoms with E-state index < -0.39 is 0 Å². The van der Waals surface area contributed by atoms with E-state index in [1.807, 2.05) is 0 Å². The Hall–Kier alpha value is -0.0500. The highest BCUT2D eigenvalue weighted by molar-refractivity contribution is 9.09. The SMILES string of the molecule is CCC(C)C(C)NC(=O)CCBr. The molecule has 0 rings (SSSR count). The van der Waals surface area contributed by atoms with Gasteiger partial charge in [-0.15, -0.1) is 0 Å². The van der Waals surface area contributed by atoms with Gasteiger partial charge in [0.1, 0.15) is 0 Å². The van der Waals surface area contributed by atoms with Crippen LogP contribution in [0.1, 0.15) is 33.6 Å². The maximum Gasteiger partial charge on any atom is 0.221 e. The molecule has 0 saturated heterocycles. The number of amides is 1. The smallest absolute Gasteiger partial charge is 0.221 e. The van der Waals surface area contributed by atoms with Crippen LogP contribution in [-0.4, -0.2) is 17.3 Å². The molecule has 0 fully saturated rings. The summed E-state index contributed by atoms with van der Waals surface area (Å²) in [5.74, 6) is 0.698. The topological polar surface area (TPSA) is 29.1 Å². The molecule has 0 aliphatic heterocycles. The van der Waals surface area contributed by atoms with E-state index in [0.29, 0.717) is 18.4 Å². The lowest BCUT2D eigenvalue weighted by Crippen LogP contribution is -2.36. The van der Waals surface area contributed by atoms with Gasteiger partial charge in [-0.1, -0.05) is 36.2 Å². The second-order valence-electron chi connectivity index (χ2n) is 3.18. The molecule has 0 aromatic heterocycles. The molecule has 12 heavy (non-hydrogen) atoms. The summed E-state index contributed by atoms with van der Waals surface area (Å²) in [4.78, 5) is 11.1. The molecule has 0 saturated carbocycles. The zero-order valence-electron chi connectivity index (χ0n) is 8.06. The Balaban J connectivity index is 3.67. The van der Waals surface area contributed by atoms with Crippen molar-refractivity contribution in [3.8, 4) is 0 Å². The number of nitrogens with one attached hydrogen (secondary N) is 1. The van der Waals surface area contributed by atoms with Gasteiger partial charge >= 0.3 is 0 Å². The molecule has 0 spiro atoms. The van der Waals surface area contributed by atoms with Crippen molar-refractivity contribution < 1.29 is 4.79 Å². The lowest BCUT2D eigenvalue weighted by molar-refractivity contribution is -0.121. The van der Waals surface area contributed by atoms with Crippen LogP contribution in [0.2, 0.25) is 0 Å². The minimum Gasteiger partial charge on any atom is -0.353 e. The van der Waals surface area contributed by atoms with Crippen LogP contribution in [0.3, 0.4) is 0 Å². The lowest BCUT2D eigenvalue weighted by atomic mass is 10.0. The number of hydrogen-bond acceptors (Lipinski definition) is 1. The zero-order chi connectivity index (χ0) is 9.56. The molecule has 2 nitrogen and oxygen atoms in total. The Morgan fingerprint density at radius 2 is 2.08 bits per heavy atom. The average molecular weight is 236 g/mol. The second kappa shape index (κ2) is 6.46. The first-order chi connectivity index (χ1) is 5.61. The van der Waals surface area contributed by atoms with Crippen LogP contribution in [0.25, 0.3) is 0 Å². The molecule has 2 atom stereocenters. The highest BCUT2D eigenvalue weighted by atomic mass is 79.9. The summed E-state index contributed by atoms with van der Waals surface area (Å²) in [7, 11) is 0. The lowest BCUT2D eigenvalue weighted by Gasteiger charge is -2.19. The largest absolute Gasteiger partial charge is 0.353 e. The van der Waals surface area contributed by atoms with Crippen LogP contribution < -0.4 is 5.32 Å². The molecule has 0 aromatic rings. The third-order valence-electron chi connectivity index (χ3n) is 2.21. The third-order valence-corrected chi connectivity index (χ3v) is 2.60. The molecule has 1 amide bonds. The fourth-order valence-corrected chi connectivity index (χ4v) is 1.27. The predicted octanol–water partition coefficient (Wildman–Crippen LogP) is 2.32. The Kier molecular flexibility index (Phi) is 6.44. The molecule has 0 bridgehead atoms. The number of carbonyl (C=O) groups is 1. The van der Waals surface area contributed by atoms with Gasteiger partial charge in [0, 0.05) is 17.8 Å². The van der Waals surface area contributed by atoms with E-state index >= 15 is 0 Å². The molecule has 0 aliphatic carbocycles. The fraction of sp³-hybridized carbons (Fsp3) is 0.889. The first kappa shape index (κ1) is 11.9. The normalized spacial score (nSPS) is 15.3. The second-order valence-corrected chi connectivity index (χ2v) is 3.97. The Labute approximate surface area is 83.2 Å². The molecule has 0 aromatic carbocycles. The van der Waals surface area contributed by atoms with Crippen LogP contribution in [-0.2, 0) is 4.79 Å². The van der Waals surface area contributed by atoms with Crippen LogP contribution in [0.15, 0.2) is 0 Å². The van der Waals surface area contributed by atoms with E-state index in [2.05, 4.69) is 42.0 Å². The maximum atomic E-state index is 11.1. The summed E-state index contributed by atoms with van der Waals surface area (Å²) in [6, 6.07) is 0.293. The summed E-state index contributed by atoms with van der Waals surface area (Å²) in [6.07, 6.45) is 1.68. The standard InChI is InChI=1S/C9H18BrNO/c1-4-7(2)8(3)11-9(12)5-6-10/h7-8H,4-6H2,1-3H3,(H,11,12). The van der Waals surface area contributed by atoms with E-state index in [1.54, 1.807) is 0 Å². The van der Waals surface area contributed by atoms with Gasteiger partial charge in [0.25, 0.3) is 0 Å². The first-order valence-electron chi connectivity index (χ1n) is 4.47. The van der Waals surface area contributed by atoms with E-state index in [9.17, 15) is 4.79 Å². The quantitative estimate of drug-likeness (QED) is 0.729. The fourth-order valence-electron chi connectivity index (χ4n) is 0.908. The monoisotopic (exact) mass is 235 g/mol. The molecule has 1 N–H and O–H groups in total. The van der Waals surface area contributed by atoms with E-state index in [4.69, 9.17) is 0 Å². The van der Waals surface area contributed by atoms with Crippen molar-refractivity contribution in [3.05, 3.63) is 0 Å². The van der Waals surface area contributed by atoms with Gasteiger partial charge in [0.05, 0.1) is 0 Å². The van der Waals surface area contributed by atoms with E-state index in [-0.39, 0.29) is 5.91 Å². The summed E-state index contributed by atoms with van der Waals surface area (Å²) in [5, 5.41) is 3.70. The van der Waals surface area contributed by atoms with Gasteiger partial charge < -0.3 is 5.32 Å². The molecule has 72 valence electrons. The molecule has 0 heterocycles. The number of hydrogen-bond donors (Lipinski definition) is 1. The summed E-state index contributed by atoms with van der Waals surface area (Å²) in [5.41, 5.74) is 0. The number of alkyl halides is 1. The Morgan fingerprint density at radius 3 is 2.50 bits per heavy atom. The van der Waals surface area contributed by atoms with Crippen molar-refractivity contribution in [2.75, 3.05) is 5.33 Å². The van der Waals surface area contributed by atoms with Gasteiger partial charge in [-0.2, -0.15) is 0 Å². The molecule has 0 aliphatic rings. The molecular formula is C9H18BrNO. The molecular weight excluding hydrogens is 218 g/mol. The van der Waals surface area contributed by atoms with E-state index in [0.717, 1.165) is 11.8 Å². The van der Waals surface area contributed by atoms with Gasteiger partial charge in [-0.25, -0.2) is 0 Å². The summed E-state index contributed by atoms with van der Waals surface area (Å²) in [6.45, 7) is 6.34. The Morgan fingerprint density at radius 1 is 1.50 bits per heavy atom. The highest BCUT2D eigenvalue weighted by Crippen LogP contribution is 2.06. The molecule has 3 heteroatoms. The van der Waals surface area contributed by atoms with Gasteiger partial charge in [-0.05, 0) is 12.8 Å². The van der Waals surface area contributed by atoms with Gasteiger partial charge in [0.15, 0.2) is 0 Å². The predicted molar refractivity (Wildman–Crippen MR) is 55.5 cm³/mol. The zero-order valence-corrected chi connectivity index (χ0v) is 9.65. The van der Waals surface area contributed by atoms with Crippen molar-refractivity contribution in [2.24, 2.45) is 5.92 Å². The van der Waals surface area contributed by atoms with Crippen LogP contribution >= 0.6 is 15.9 Å². The Bertz CT molecular complexity index is 138. The summed E-state index contributed by atoms with van der Waals surface area (Å²) >= 11 is 3.23. The van der Waals surface area contributed by atoms with Crippen LogP contribution in [0, 0.1) is 5.92 Å². The molecule has 0 radical (unpaired) electrons. The third kappa shape index (κ3) is 4.75. The first-order valence-corrected chi connectivity index (χ1v) is 5.59. The summed E-state index contributed by atoms with van der Waals surface area (Å²) < 4.78 is 0. The average Bonchev–Trinajstić information content (AvgIpc) is 2.03. The maximum absolute atomic E-state index is 11.1. The van der Waals surface area contributed by atoms with Crippen molar-refractivity contribution >= 4 is 21.8 Å². The molecule has 2 unspecified atom stereocenters. The number of carbonyl (C=O) groups excluding carboxylic acids is 1. The van der Waals surface area contributed by atoms with Crippen molar-refractivity contribution in [3.63, 3.8) is 0 Å². The van der Waals surface area contributed by atoms with Gasteiger partial charge in [-0.3, -0.25) is 4.79 Å². The number of halogens is 1. The van der Waals surface area contributed by atoms with E-state index in [1.165, 1.54) is 0 Å².